The van der Waals surface area contributed by atoms with Gasteiger partial charge in [0.2, 0.25) is 0 Å². The summed E-state index contributed by atoms with van der Waals surface area (Å²) in [4.78, 5) is 17.5. The van der Waals surface area contributed by atoms with Crippen LogP contribution in [0.5, 0.6) is 5.75 Å². The van der Waals surface area contributed by atoms with Gasteiger partial charge >= 0.3 is 0 Å². The molecule has 1 N–H and O–H groups in total. The average molecular weight is 403 g/mol. The molecule has 0 bridgehead atoms. The summed E-state index contributed by atoms with van der Waals surface area (Å²) in [7, 11) is 1.62. The van der Waals surface area contributed by atoms with Gasteiger partial charge in [0, 0.05) is 16.8 Å². The van der Waals surface area contributed by atoms with E-state index in [0.29, 0.717) is 5.56 Å². The van der Waals surface area contributed by atoms with Gasteiger partial charge in [-0.15, -0.1) is 11.3 Å². The molecule has 0 fully saturated rings. The van der Waals surface area contributed by atoms with Crippen molar-refractivity contribution in [3.63, 3.8) is 0 Å². The number of carbonyl (C=O) groups excluding carboxylic acids is 1. The summed E-state index contributed by atoms with van der Waals surface area (Å²) in [6.45, 7) is 6.04. The molecule has 0 saturated carbocycles. The summed E-state index contributed by atoms with van der Waals surface area (Å²) in [5.41, 5.74) is 6.68. The van der Waals surface area contributed by atoms with Crippen LogP contribution in [0.4, 0.5) is 5.69 Å². The Morgan fingerprint density at radius 3 is 2.52 bits per heavy atom. The number of fused-ring (bicyclic) bond motifs is 1. The molecule has 146 valence electrons. The number of rotatable bonds is 4. The second-order valence-electron chi connectivity index (χ2n) is 7.15. The van der Waals surface area contributed by atoms with Crippen LogP contribution in [-0.4, -0.2) is 18.0 Å². The van der Waals surface area contributed by atoms with Gasteiger partial charge in [-0.25, -0.2) is 4.98 Å². The molecule has 29 heavy (non-hydrogen) atoms. The molecule has 4 aromatic rings. The van der Waals surface area contributed by atoms with Crippen LogP contribution >= 0.6 is 11.3 Å². The fourth-order valence-electron chi connectivity index (χ4n) is 3.34. The molecule has 0 aliphatic carbocycles. The van der Waals surface area contributed by atoms with E-state index in [1.807, 2.05) is 38.1 Å². The summed E-state index contributed by atoms with van der Waals surface area (Å²) in [5, 5.41) is 3.99. The van der Waals surface area contributed by atoms with E-state index in [1.165, 1.54) is 10.3 Å². The Morgan fingerprint density at radius 2 is 1.79 bits per heavy atom. The van der Waals surface area contributed by atoms with Crippen LogP contribution in [0.3, 0.4) is 0 Å². The zero-order chi connectivity index (χ0) is 20.5. The largest absolute Gasteiger partial charge is 0.497 e. The van der Waals surface area contributed by atoms with E-state index in [4.69, 9.17) is 9.72 Å². The Balaban J connectivity index is 1.59. The fourth-order valence-corrected chi connectivity index (χ4v) is 4.50. The van der Waals surface area contributed by atoms with E-state index in [-0.39, 0.29) is 5.91 Å². The van der Waals surface area contributed by atoms with Gasteiger partial charge in [-0.2, -0.15) is 0 Å². The maximum atomic E-state index is 12.7. The van der Waals surface area contributed by atoms with E-state index in [1.54, 1.807) is 30.6 Å². The third kappa shape index (κ3) is 3.87. The van der Waals surface area contributed by atoms with Gasteiger partial charge in [-0.1, -0.05) is 6.07 Å². The fraction of sp³-hybridized carbons (Fsp3) is 0.167. The maximum absolute atomic E-state index is 12.7. The first-order chi connectivity index (χ1) is 13.9. The molecule has 0 radical (unpaired) electrons. The van der Waals surface area contributed by atoms with Gasteiger partial charge in [0.15, 0.2) is 0 Å². The van der Waals surface area contributed by atoms with Gasteiger partial charge < -0.3 is 10.1 Å². The molecule has 0 unspecified atom stereocenters. The second kappa shape index (κ2) is 7.68. The van der Waals surface area contributed by atoms with Crippen LogP contribution in [0.2, 0.25) is 0 Å². The highest BCUT2D eigenvalue weighted by Crippen LogP contribution is 2.33. The van der Waals surface area contributed by atoms with Crippen molar-refractivity contribution in [2.75, 3.05) is 12.4 Å². The Morgan fingerprint density at radius 1 is 0.966 bits per heavy atom. The summed E-state index contributed by atoms with van der Waals surface area (Å²) >= 11 is 1.69. The summed E-state index contributed by atoms with van der Waals surface area (Å²) < 4.78 is 6.40. The summed E-state index contributed by atoms with van der Waals surface area (Å²) in [5.74, 6) is 0.609. The molecular weight excluding hydrogens is 380 g/mol. The zero-order valence-corrected chi connectivity index (χ0v) is 17.7. The lowest BCUT2D eigenvalue weighted by Gasteiger charge is -2.11. The van der Waals surface area contributed by atoms with Crippen LogP contribution in [0.15, 0.2) is 54.6 Å². The normalized spacial score (nSPS) is 10.9. The molecule has 4 nitrogen and oxygen atoms in total. The number of ether oxygens (including phenoxy) is 1. The van der Waals surface area contributed by atoms with E-state index in [2.05, 4.69) is 30.4 Å². The molecule has 4 rings (SSSR count). The Kier molecular flexibility index (Phi) is 5.07. The molecule has 3 aromatic carbocycles. The van der Waals surface area contributed by atoms with Crippen LogP contribution < -0.4 is 10.1 Å². The van der Waals surface area contributed by atoms with Crippen LogP contribution in [-0.2, 0) is 0 Å². The number of aromatic nitrogens is 1. The van der Waals surface area contributed by atoms with Crippen molar-refractivity contribution < 1.29 is 9.53 Å². The summed E-state index contributed by atoms with van der Waals surface area (Å²) in [6, 6.07) is 17.7. The zero-order valence-electron chi connectivity index (χ0n) is 16.9. The third-order valence-electron chi connectivity index (χ3n) is 4.94. The maximum Gasteiger partial charge on any atom is 0.255 e. The second-order valence-corrected chi connectivity index (χ2v) is 8.19. The third-order valence-corrected chi connectivity index (χ3v) is 5.99. The van der Waals surface area contributed by atoms with Gasteiger partial charge in [-0.05, 0) is 86.0 Å². The van der Waals surface area contributed by atoms with Crippen molar-refractivity contribution in [1.29, 1.82) is 0 Å². The first kappa shape index (κ1) is 19.2. The number of thiazole rings is 1. The van der Waals surface area contributed by atoms with E-state index >= 15 is 0 Å². The Labute approximate surface area is 174 Å². The van der Waals surface area contributed by atoms with Gasteiger partial charge in [0.1, 0.15) is 10.8 Å². The predicted octanol–water partition coefficient (Wildman–Crippen LogP) is 6.15. The molecule has 0 aliphatic rings. The van der Waals surface area contributed by atoms with Gasteiger partial charge in [0.05, 0.1) is 17.3 Å². The lowest BCUT2D eigenvalue weighted by Crippen LogP contribution is -2.13. The number of aryl methyl sites for hydroxylation is 3. The number of hydrogen-bond donors (Lipinski definition) is 1. The molecule has 0 atom stereocenters. The first-order valence-electron chi connectivity index (χ1n) is 9.39. The molecule has 1 heterocycles. The molecule has 0 saturated heterocycles. The van der Waals surface area contributed by atoms with E-state index < -0.39 is 0 Å². The lowest BCUT2D eigenvalue weighted by atomic mass is 10.1. The number of nitrogens with zero attached hydrogens (tertiary/aromatic N) is 1. The number of methoxy groups -OCH3 is 1. The van der Waals surface area contributed by atoms with Crippen molar-refractivity contribution in [2.45, 2.75) is 20.8 Å². The van der Waals surface area contributed by atoms with E-state index in [9.17, 15) is 4.79 Å². The minimum Gasteiger partial charge on any atom is -0.497 e. The summed E-state index contributed by atoms with van der Waals surface area (Å²) in [6.07, 6.45) is 0. The lowest BCUT2D eigenvalue weighted by molar-refractivity contribution is 0.102. The molecule has 1 amide bonds. The van der Waals surface area contributed by atoms with Crippen molar-refractivity contribution in [1.82, 2.24) is 4.98 Å². The SMILES string of the molecule is COc1ccc(C(=O)Nc2ccc(-c3nc4ccc(C)cc4s3)c(C)c2)c(C)c1. The van der Waals surface area contributed by atoms with Crippen molar-refractivity contribution in [2.24, 2.45) is 0 Å². The number of benzene rings is 3. The molecule has 1 aromatic heterocycles. The monoisotopic (exact) mass is 402 g/mol. The van der Waals surface area contributed by atoms with Crippen molar-refractivity contribution in [3.8, 4) is 16.3 Å². The van der Waals surface area contributed by atoms with E-state index in [0.717, 1.165) is 38.7 Å². The molecule has 0 aliphatic heterocycles. The van der Waals surface area contributed by atoms with Gasteiger partial charge in [0.25, 0.3) is 5.91 Å². The standard InChI is InChI=1S/C24H22N2O2S/c1-14-5-10-21-22(11-14)29-24(26-21)20-8-6-17(12-15(20)2)25-23(27)19-9-7-18(28-4)13-16(19)3/h5-13H,1-4H3,(H,25,27). The number of carbonyl (C=O) groups is 1. The van der Waals surface area contributed by atoms with Gasteiger partial charge in [-0.3, -0.25) is 4.79 Å². The smallest absolute Gasteiger partial charge is 0.255 e. The Hall–Kier alpha value is -3.18. The number of nitrogens with one attached hydrogen (secondary N) is 1. The average Bonchev–Trinajstić information content (AvgIpc) is 3.10. The number of anilines is 1. The van der Waals surface area contributed by atoms with Crippen LogP contribution in [0.25, 0.3) is 20.8 Å². The topological polar surface area (TPSA) is 51.2 Å². The molecular formula is C24H22N2O2S. The molecule has 5 heteroatoms. The highest BCUT2D eigenvalue weighted by atomic mass is 32.1. The highest BCUT2D eigenvalue weighted by molar-refractivity contribution is 7.21. The molecule has 0 spiro atoms. The Bertz CT molecular complexity index is 1230. The predicted molar refractivity (Wildman–Crippen MR) is 120 cm³/mol. The minimum atomic E-state index is -0.132. The first-order valence-corrected chi connectivity index (χ1v) is 10.2. The quantitative estimate of drug-likeness (QED) is 0.445. The van der Waals surface area contributed by atoms with Crippen molar-refractivity contribution in [3.05, 3.63) is 76.9 Å². The highest BCUT2D eigenvalue weighted by Gasteiger charge is 2.13. The van der Waals surface area contributed by atoms with Crippen LogP contribution in [0, 0.1) is 20.8 Å². The van der Waals surface area contributed by atoms with Crippen LogP contribution in [0.1, 0.15) is 27.0 Å². The number of amides is 1. The minimum absolute atomic E-state index is 0.132. The van der Waals surface area contributed by atoms with Crippen molar-refractivity contribution >= 4 is 33.1 Å². The number of hydrogen-bond acceptors (Lipinski definition) is 4.